The van der Waals surface area contributed by atoms with Gasteiger partial charge in [-0.2, -0.15) is 0 Å². The third-order valence-corrected chi connectivity index (χ3v) is 14.4. The van der Waals surface area contributed by atoms with Crippen molar-refractivity contribution in [1.29, 1.82) is 0 Å². The summed E-state index contributed by atoms with van der Waals surface area (Å²) in [6, 6.07) is 6.64. The second-order valence-corrected chi connectivity index (χ2v) is 17.3. The molecular formula is C42H45N3O10S. The number of aryl methyl sites for hydroxylation is 1. The Hall–Kier alpha value is -4.63. The Balaban J connectivity index is 1.24. The molecule has 2 saturated heterocycles. The van der Waals surface area contributed by atoms with Crippen LogP contribution in [0.5, 0.6) is 34.5 Å². The van der Waals surface area contributed by atoms with Crippen LogP contribution < -0.4 is 29.0 Å². The van der Waals surface area contributed by atoms with Crippen LogP contribution in [0.2, 0.25) is 0 Å². The zero-order chi connectivity index (χ0) is 39.0. The molecule has 3 aromatic carbocycles. The number of phenols is 1. The lowest BCUT2D eigenvalue weighted by atomic mass is 9.76. The Labute approximate surface area is 328 Å². The number of carbonyl (C=O) groups excluding carboxylic acids is 2. The summed E-state index contributed by atoms with van der Waals surface area (Å²) in [5.74, 6) is 2.68. The number of ether oxygens (including phenoxy) is 6. The van der Waals surface area contributed by atoms with Gasteiger partial charge >= 0.3 is 11.9 Å². The van der Waals surface area contributed by atoms with Crippen molar-refractivity contribution in [1.82, 2.24) is 15.1 Å². The number of furan rings is 1. The molecule has 9 heterocycles. The van der Waals surface area contributed by atoms with E-state index in [1.54, 1.807) is 26.0 Å². The Morgan fingerprint density at radius 2 is 1.86 bits per heavy atom. The van der Waals surface area contributed by atoms with E-state index < -0.39 is 34.3 Å². The minimum Gasteiger partial charge on any atom is -0.504 e. The highest BCUT2D eigenvalue weighted by atomic mass is 32.2. The van der Waals surface area contributed by atoms with Gasteiger partial charge in [0.2, 0.25) is 6.79 Å². The molecule has 13 nitrogen and oxygen atoms in total. The summed E-state index contributed by atoms with van der Waals surface area (Å²) < 4.78 is 43.2. The van der Waals surface area contributed by atoms with E-state index in [0.717, 1.165) is 38.8 Å². The highest BCUT2D eigenvalue weighted by Crippen LogP contribution is 2.65. The fraction of sp³-hybridized carbons (Fsp3) is 0.476. The quantitative estimate of drug-likeness (QED) is 0.199. The molecule has 8 aliphatic heterocycles. The third-order valence-electron chi connectivity index (χ3n) is 12.9. The number of methoxy groups -OCH3 is 2. The summed E-state index contributed by atoms with van der Waals surface area (Å²) in [6.45, 7) is 8.67. The van der Waals surface area contributed by atoms with Crippen molar-refractivity contribution in [2.45, 2.75) is 75.0 Å². The Morgan fingerprint density at radius 3 is 2.62 bits per heavy atom. The van der Waals surface area contributed by atoms with Crippen LogP contribution in [0.4, 0.5) is 0 Å². The number of hydrogen-bond acceptors (Lipinski definition) is 14. The predicted molar refractivity (Wildman–Crippen MR) is 206 cm³/mol. The van der Waals surface area contributed by atoms with Gasteiger partial charge in [-0.1, -0.05) is 6.07 Å². The van der Waals surface area contributed by atoms with Crippen molar-refractivity contribution < 1.29 is 47.5 Å². The fourth-order valence-corrected chi connectivity index (χ4v) is 12.6. The van der Waals surface area contributed by atoms with Crippen LogP contribution in [-0.2, 0) is 32.7 Å². The Kier molecular flexibility index (Phi) is 7.94. The minimum absolute atomic E-state index is 0.00749. The lowest BCUT2D eigenvalue weighted by Gasteiger charge is -2.61. The van der Waals surface area contributed by atoms with Crippen LogP contribution in [0.25, 0.3) is 11.0 Å². The highest BCUT2D eigenvalue weighted by Gasteiger charge is 2.63. The van der Waals surface area contributed by atoms with Crippen molar-refractivity contribution in [3.63, 3.8) is 0 Å². The van der Waals surface area contributed by atoms with E-state index in [4.69, 9.17) is 32.8 Å². The number of nitrogens with zero attached hydrogens (tertiary/aromatic N) is 2. The van der Waals surface area contributed by atoms with Crippen LogP contribution in [0.1, 0.15) is 75.9 Å². The molecule has 8 aliphatic rings. The van der Waals surface area contributed by atoms with E-state index in [0.29, 0.717) is 71.6 Å². The first kappa shape index (κ1) is 35.8. The highest BCUT2D eigenvalue weighted by molar-refractivity contribution is 7.99. The lowest BCUT2D eigenvalue weighted by Crippen LogP contribution is -2.69. The zero-order valence-electron chi connectivity index (χ0n) is 32.5. The largest absolute Gasteiger partial charge is 0.504 e. The molecule has 1 spiro atoms. The van der Waals surface area contributed by atoms with Gasteiger partial charge in [0.1, 0.15) is 29.4 Å². The summed E-state index contributed by atoms with van der Waals surface area (Å²) >= 11 is 1.60. The number of rotatable bonds is 3. The molecular weight excluding hydrogens is 739 g/mol. The van der Waals surface area contributed by atoms with E-state index in [-0.39, 0.29) is 37.0 Å². The first-order valence-electron chi connectivity index (χ1n) is 19.1. The molecule has 0 saturated carbocycles. The topological polar surface area (TPSA) is 141 Å². The van der Waals surface area contributed by atoms with Crippen LogP contribution in [0.15, 0.2) is 28.7 Å². The maximum atomic E-state index is 14.9. The van der Waals surface area contributed by atoms with Crippen molar-refractivity contribution in [3.8, 4) is 34.5 Å². The number of hydrogen-bond donors (Lipinski definition) is 2. The number of benzene rings is 3. The average Bonchev–Trinajstić information content (AvgIpc) is 3.76. The molecule has 1 aromatic heterocycles. The maximum Gasteiger partial charge on any atom is 0.335 e. The SMILES string of the molecule is COc1ccc2oc3c(c2c1)CCN[C@]31CS[C@@H]2c3c(OC(C)=O)c(C)c4c(c3[C@H](COC1=O)N1[C@@H]2[C@H]2c3c(cc(C)c(OC)c3O)CC1(C)CN2C)OCO4. The number of piperazine rings is 1. The second kappa shape index (κ2) is 12.4. The molecule has 2 N–H and O–H groups in total. The molecule has 2 unspecified atom stereocenters. The molecule has 7 atom stereocenters. The van der Waals surface area contributed by atoms with E-state index in [1.165, 1.54) is 6.92 Å². The minimum atomic E-state index is -1.33. The van der Waals surface area contributed by atoms with E-state index in [2.05, 4.69) is 35.2 Å². The normalized spacial score (nSPS) is 29.9. The number of aromatic hydroxyl groups is 1. The van der Waals surface area contributed by atoms with Crippen LogP contribution in [0.3, 0.4) is 0 Å². The van der Waals surface area contributed by atoms with Gasteiger partial charge in [0.05, 0.1) is 31.6 Å². The van der Waals surface area contributed by atoms with Crippen LogP contribution >= 0.6 is 11.8 Å². The van der Waals surface area contributed by atoms with Crippen molar-refractivity contribution >= 4 is 34.7 Å². The molecule has 0 aliphatic carbocycles. The molecule has 0 radical (unpaired) electrons. The van der Waals surface area contributed by atoms with Gasteiger partial charge in [-0.3, -0.25) is 19.9 Å². The summed E-state index contributed by atoms with van der Waals surface area (Å²) in [6.07, 6.45) is 1.27. The second-order valence-electron chi connectivity index (χ2n) is 16.2. The molecule has 294 valence electrons. The molecule has 0 amide bonds. The molecule has 56 heavy (non-hydrogen) atoms. The first-order valence-corrected chi connectivity index (χ1v) is 20.1. The number of phenolic OH excluding ortho intramolecular Hbond substituents is 1. The zero-order valence-corrected chi connectivity index (χ0v) is 33.3. The third kappa shape index (κ3) is 4.72. The summed E-state index contributed by atoms with van der Waals surface area (Å²) in [5, 5.41) is 16.2. The number of thioether (sulfide) groups is 1. The molecule has 14 heteroatoms. The average molecular weight is 784 g/mol. The van der Waals surface area contributed by atoms with Crippen molar-refractivity contribution in [3.05, 3.63) is 69.0 Å². The van der Waals surface area contributed by atoms with E-state index >= 15 is 0 Å². The molecule has 4 bridgehead atoms. The van der Waals surface area contributed by atoms with Crippen molar-refractivity contribution in [2.24, 2.45) is 0 Å². The van der Waals surface area contributed by atoms with Gasteiger partial charge < -0.3 is 37.9 Å². The standard InChI is InChI=1S/C42H45N3O10S/c1-19-12-22-14-41(4)16-44(5)31(28(22)33(47)34(19)50-7)32-38-30-29(37-36(52-18-53-37)20(2)35(30)54-21(3)46)26(45(32)41)15-51-40(48)42(17-56-38)39-24(10-11-43-42)25-13-23(49-6)8-9-27(25)55-39/h8-9,12-13,26,31-32,38,43,47H,10-11,14-18H2,1-7H3/t26-,31+,32+,38+,41?,42+/m0/s1. The van der Waals surface area contributed by atoms with E-state index in [9.17, 15) is 14.7 Å². The summed E-state index contributed by atoms with van der Waals surface area (Å²) in [4.78, 5) is 32.8. The number of likely N-dealkylation sites (N-methyl/N-ethyl adjacent to an activating group) is 1. The van der Waals surface area contributed by atoms with Gasteiger partial charge in [-0.25, -0.2) is 4.79 Å². The monoisotopic (exact) mass is 783 g/mol. The number of fused-ring (bicyclic) bond motifs is 8. The van der Waals surface area contributed by atoms with Crippen molar-refractivity contribution in [2.75, 3.05) is 53.5 Å². The fourth-order valence-electron chi connectivity index (χ4n) is 10.9. The predicted octanol–water partition coefficient (Wildman–Crippen LogP) is 5.53. The molecule has 12 rings (SSSR count). The Bertz CT molecular complexity index is 2380. The summed E-state index contributed by atoms with van der Waals surface area (Å²) in [5.41, 5.74) is 4.75. The number of carbonyl (C=O) groups is 2. The molecule has 4 aromatic rings. The van der Waals surface area contributed by atoms with E-state index in [1.807, 2.05) is 32.0 Å². The van der Waals surface area contributed by atoms with Gasteiger partial charge in [-0.05, 0) is 70.0 Å². The number of nitrogens with one attached hydrogen (secondary N) is 1. The lowest BCUT2D eigenvalue weighted by molar-refractivity contribution is -0.160. The van der Waals surface area contributed by atoms with Gasteiger partial charge in [0.15, 0.2) is 28.5 Å². The van der Waals surface area contributed by atoms with Gasteiger partial charge in [-0.15, -0.1) is 11.8 Å². The number of esters is 2. The first-order chi connectivity index (χ1) is 26.9. The Morgan fingerprint density at radius 1 is 1.05 bits per heavy atom. The van der Waals surface area contributed by atoms with Crippen LogP contribution in [-0.4, -0.2) is 91.9 Å². The maximum absolute atomic E-state index is 14.9. The van der Waals surface area contributed by atoms with Crippen LogP contribution in [0, 0.1) is 13.8 Å². The van der Waals surface area contributed by atoms with Gasteiger partial charge in [0, 0.05) is 70.6 Å². The molecule has 2 fully saturated rings. The summed E-state index contributed by atoms with van der Waals surface area (Å²) in [7, 11) is 5.33. The smallest absolute Gasteiger partial charge is 0.335 e. The van der Waals surface area contributed by atoms with Gasteiger partial charge in [0.25, 0.3) is 0 Å².